The number of thioether (sulfide) groups is 1. The molecule has 0 aromatic heterocycles. The molecule has 2 aromatic carbocycles. The van der Waals surface area contributed by atoms with E-state index in [1.807, 2.05) is 36.0 Å². The second-order valence-corrected chi connectivity index (χ2v) is 6.79. The van der Waals surface area contributed by atoms with Crippen molar-refractivity contribution in [1.29, 1.82) is 0 Å². The summed E-state index contributed by atoms with van der Waals surface area (Å²) in [5.74, 6) is 0. The van der Waals surface area contributed by atoms with E-state index in [1.165, 1.54) is 4.90 Å². The summed E-state index contributed by atoms with van der Waals surface area (Å²) < 4.78 is 0. The van der Waals surface area contributed by atoms with Crippen LogP contribution in [0.4, 0.5) is 0 Å². The Labute approximate surface area is 124 Å². The maximum Gasteiger partial charge on any atom is 0.391 e. The Morgan fingerprint density at radius 1 is 1.05 bits per heavy atom. The minimum absolute atomic E-state index is 0.581. The second-order valence-electron chi connectivity index (χ2n) is 4.65. The zero-order valence-corrected chi connectivity index (χ0v) is 12.8. The SMILES string of the molecule is CC(C)Sc1ccc(-c2ccccc2B(O)S)cc1. The van der Waals surface area contributed by atoms with E-state index >= 15 is 0 Å². The van der Waals surface area contributed by atoms with Gasteiger partial charge < -0.3 is 5.02 Å². The van der Waals surface area contributed by atoms with Gasteiger partial charge in [0.15, 0.2) is 0 Å². The number of hydrogen-bond donors (Lipinski definition) is 2. The highest BCUT2D eigenvalue weighted by Gasteiger charge is 2.13. The van der Waals surface area contributed by atoms with Crippen LogP contribution in [0.15, 0.2) is 53.4 Å². The summed E-state index contributed by atoms with van der Waals surface area (Å²) in [5.41, 5.74) is 2.98. The maximum absolute atomic E-state index is 9.70. The van der Waals surface area contributed by atoms with E-state index in [0.717, 1.165) is 16.6 Å². The summed E-state index contributed by atoms with van der Waals surface area (Å²) in [4.78, 5) is 1.27. The molecular weight excluding hydrogens is 271 g/mol. The first kappa shape index (κ1) is 14.6. The van der Waals surface area contributed by atoms with Gasteiger partial charge in [-0.05, 0) is 28.7 Å². The fraction of sp³-hybridized carbons (Fsp3) is 0.200. The first-order chi connectivity index (χ1) is 9.08. The molecule has 0 amide bonds. The van der Waals surface area contributed by atoms with Gasteiger partial charge in [-0.15, -0.1) is 11.8 Å². The lowest BCUT2D eigenvalue weighted by molar-refractivity contribution is 0.609. The van der Waals surface area contributed by atoms with E-state index in [-0.39, 0.29) is 0 Å². The van der Waals surface area contributed by atoms with Gasteiger partial charge in [0.1, 0.15) is 0 Å². The van der Waals surface area contributed by atoms with Crippen LogP contribution < -0.4 is 5.46 Å². The summed E-state index contributed by atoms with van der Waals surface area (Å²) in [6.45, 7) is 4.37. The van der Waals surface area contributed by atoms with E-state index in [0.29, 0.717) is 5.25 Å². The Bertz CT molecular complexity index is 538. The van der Waals surface area contributed by atoms with Gasteiger partial charge in [0.2, 0.25) is 0 Å². The summed E-state index contributed by atoms with van der Waals surface area (Å²) in [7, 11) is 0. The lowest BCUT2D eigenvalue weighted by Crippen LogP contribution is -2.25. The first-order valence-corrected chi connectivity index (χ1v) is 7.69. The van der Waals surface area contributed by atoms with Crippen molar-refractivity contribution in [2.75, 3.05) is 0 Å². The van der Waals surface area contributed by atoms with Gasteiger partial charge in [0, 0.05) is 10.1 Å². The van der Waals surface area contributed by atoms with Crippen molar-refractivity contribution < 1.29 is 5.02 Å². The van der Waals surface area contributed by atoms with Crippen LogP contribution in [0.3, 0.4) is 0 Å². The summed E-state index contributed by atoms with van der Waals surface area (Å²) in [6.07, 6.45) is -0.749. The molecule has 0 saturated heterocycles. The van der Waals surface area contributed by atoms with E-state index in [1.54, 1.807) is 0 Å². The van der Waals surface area contributed by atoms with Crippen molar-refractivity contribution in [1.82, 2.24) is 0 Å². The highest BCUT2D eigenvalue weighted by molar-refractivity contribution is 8.11. The zero-order valence-electron chi connectivity index (χ0n) is 11.1. The average Bonchev–Trinajstić information content (AvgIpc) is 2.39. The van der Waals surface area contributed by atoms with Gasteiger partial charge in [0.05, 0.1) is 0 Å². The smallest absolute Gasteiger partial charge is 0.391 e. The van der Waals surface area contributed by atoms with Crippen LogP contribution in [-0.2, 0) is 0 Å². The molecule has 19 heavy (non-hydrogen) atoms. The summed E-state index contributed by atoms with van der Waals surface area (Å²) in [5, 5.41) is 10.3. The zero-order chi connectivity index (χ0) is 13.8. The molecule has 0 fully saturated rings. The molecular formula is C15H17BOS2. The third-order valence-electron chi connectivity index (χ3n) is 2.78. The Morgan fingerprint density at radius 3 is 2.26 bits per heavy atom. The van der Waals surface area contributed by atoms with Gasteiger partial charge in [-0.2, -0.15) is 12.5 Å². The molecule has 0 saturated carbocycles. The molecule has 0 bridgehead atoms. The topological polar surface area (TPSA) is 20.2 Å². The predicted octanol–water partition coefficient (Wildman–Crippen LogP) is 3.47. The van der Waals surface area contributed by atoms with Crippen molar-refractivity contribution in [2.45, 2.75) is 24.0 Å². The van der Waals surface area contributed by atoms with Crippen molar-refractivity contribution in [2.24, 2.45) is 0 Å². The van der Waals surface area contributed by atoms with Gasteiger partial charge in [0.25, 0.3) is 0 Å². The fourth-order valence-electron chi connectivity index (χ4n) is 1.97. The lowest BCUT2D eigenvalue weighted by Gasteiger charge is -2.10. The maximum atomic E-state index is 9.70. The van der Waals surface area contributed by atoms with Gasteiger partial charge in [-0.3, -0.25) is 0 Å². The predicted molar refractivity (Wildman–Crippen MR) is 89.5 cm³/mol. The van der Waals surface area contributed by atoms with E-state index in [2.05, 4.69) is 50.6 Å². The number of rotatable bonds is 4. The monoisotopic (exact) mass is 288 g/mol. The second kappa shape index (κ2) is 6.55. The normalized spacial score (nSPS) is 10.8. The van der Waals surface area contributed by atoms with E-state index < -0.39 is 6.19 Å². The van der Waals surface area contributed by atoms with Crippen molar-refractivity contribution in [3.8, 4) is 11.1 Å². The quantitative estimate of drug-likeness (QED) is 0.510. The molecule has 0 aliphatic rings. The van der Waals surface area contributed by atoms with Crippen LogP contribution >= 0.6 is 24.2 Å². The molecule has 0 heterocycles. The van der Waals surface area contributed by atoms with Gasteiger partial charge in [-0.25, -0.2) is 0 Å². The molecule has 2 aromatic rings. The molecule has 0 atom stereocenters. The summed E-state index contributed by atoms with van der Waals surface area (Å²) >= 11 is 5.97. The number of thiol groups is 1. The Hall–Kier alpha value is -0.835. The molecule has 0 unspecified atom stereocenters. The molecule has 2 rings (SSSR count). The molecule has 0 spiro atoms. The molecule has 98 valence electrons. The molecule has 0 radical (unpaired) electrons. The number of benzene rings is 2. The van der Waals surface area contributed by atoms with Crippen LogP contribution in [0, 0.1) is 0 Å². The van der Waals surface area contributed by atoms with Crippen molar-refractivity contribution in [3.05, 3.63) is 48.5 Å². The van der Waals surface area contributed by atoms with Crippen LogP contribution in [0.25, 0.3) is 11.1 Å². The molecule has 4 heteroatoms. The third-order valence-corrected chi connectivity index (χ3v) is 4.07. The Balaban J connectivity index is 2.32. The average molecular weight is 288 g/mol. The minimum atomic E-state index is -0.749. The molecule has 1 N–H and O–H groups in total. The summed E-state index contributed by atoms with van der Waals surface area (Å²) in [6, 6.07) is 16.3. The number of hydrogen-bond acceptors (Lipinski definition) is 3. The standard InChI is InChI=1S/C15H17BOS2/c1-11(2)19-13-9-7-12(8-10-13)14-5-3-4-6-15(14)16(17)18/h3-11,17-18H,1-2H3. The molecule has 1 nitrogen and oxygen atoms in total. The Morgan fingerprint density at radius 2 is 1.68 bits per heavy atom. The molecule has 0 aliphatic carbocycles. The Kier molecular flexibility index (Phi) is 5.02. The van der Waals surface area contributed by atoms with Crippen LogP contribution in [0.1, 0.15) is 13.8 Å². The minimum Gasteiger partial charge on any atom is -0.438 e. The molecule has 0 aliphatic heterocycles. The van der Waals surface area contributed by atoms with Crippen LogP contribution in [0.2, 0.25) is 0 Å². The highest BCUT2D eigenvalue weighted by Crippen LogP contribution is 2.26. The van der Waals surface area contributed by atoms with Crippen molar-refractivity contribution >= 4 is 35.9 Å². The van der Waals surface area contributed by atoms with Crippen LogP contribution in [-0.4, -0.2) is 16.5 Å². The van der Waals surface area contributed by atoms with E-state index in [9.17, 15) is 5.02 Å². The fourth-order valence-corrected chi connectivity index (χ4v) is 3.03. The third kappa shape index (κ3) is 3.82. The van der Waals surface area contributed by atoms with E-state index in [4.69, 9.17) is 0 Å². The van der Waals surface area contributed by atoms with Crippen LogP contribution in [0.5, 0.6) is 0 Å². The first-order valence-electron chi connectivity index (χ1n) is 6.30. The van der Waals surface area contributed by atoms with Gasteiger partial charge in [-0.1, -0.05) is 50.2 Å². The van der Waals surface area contributed by atoms with Gasteiger partial charge >= 0.3 is 6.19 Å². The highest BCUT2D eigenvalue weighted by atomic mass is 32.2. The van der Waals surface area contributed by atoms with Crippen molar-refractivity contribution in [3.63, 3.8) is 0 Å². The largest absolute Gasteiger partial charge is 0.438 e. The lowest BCUT2D eigenvalue weighted by atomic mass is 9.80.